The molecule has 2 aromatic rings. The second-order valence-corrected chi connectivity index (χ2v) is 10.6. The number of thiol groups is 1. The summed E-state index contributed by atoms with van der Waals surface area (Å²) < 4.78 is 51.1. The molecule has 0 saturated carbocycles. The number of carbonyl (C=O) groups is 1. The van der Waals surface area contributed by atoms with Crippen molar-refractivity contribution >= 4 is 61.8 Å². The van der Waals surface area contributed by atoms with Crippen LogP contribution >= 0.6 is 12.2 Å². The number of anilines is 1. The van der Waals surface area contributed by atoms with Crippen molar-refractivity contribution in [3.8, 4) is 0 Å². The summed E-state index contributed by atoms with van der Waals surface area (Å²) in [7, 11) is -7.03. The monoisotopic (exact) mass is 509 g/mol. The number of carbonyl (C=O) groups excluding carboxylic acids is 1. The zero-order valence-corrected chi connectivity index (χ0v) is 21.2. The number of benzene rings is 2. The number of hydrogen-bond acceptors (Lipinski definition) is 6. The van der Waals surface area contributed by atoms with E-state index in [0.29, 0.717) is 16.4 Å². The molecule has 0 unspecified atom stereocenters. The van der Waals surface area contributed by atoms with E-state index >= 15 is 0 Å². The van der Waals surface area contributed by atoms with Crippen LogP contribution in [0.2, 0.25) is 0 Å². The van der Waals surface area contributed by atoms with Crippen LogP contribution in [0, 0.1) is 6.92 Å². The quantitative estimate of drug-likeness (QED) is 0.243. The third-order valence-corrected chi connectivity index (χ3v) is 6.80. The van der Waals surface area contributed by atoms with Gasteiger partial charge in [0.25, 0.3) is 10.0 Å². The fourth-order valence-corrected chi connectivity index (χ4v) is 5.13. The Morgan fingerprint density at radius 2 is 1.73 bits per heavy atom. The zero-order chi connectivity index (χ0) is 24.8. The summed E-state index contributed by atoms with van der Waals surface area (Å²) >= 11 is 5.22. The summed E-state index contributed by atoms with van der Waals surface area (Å²) in [6.07, 6.45) is 3.01. The molecule has 0 spiro atoms. The molecule has 0 aliphatic carbocycles. The average Bonchev–Trinajstić information content (AvgIpc) is 2.72. The van der Waals surface area contributed by atoms with E-state index in [4.69, 9.17) is 12.2 Å². The number of sulfonamides is 1. The number of rotatable bonds is 8. The van der Waals surface area contributed by atoms with Crippen molar-refractivity contribution in [3.63, 3.8) is 0 Å². The van der Waals surface area contributed by atoms with Crippen LogP contribution in [0.5, 0.6) is 0 Å². The molecule has 0 aromatic heterocycles. The van der Waals surface area contributed by atoms with E-state index in [-0.39, 0.29) is 27.8 Å². The molecule has 2 rings (SSSR count). The Labute approximate surface area is 201 Å². The van der Waals surface area contributed by atoms with Gasteiger partial charge in [0.15, 0.2) is 15.8 Å². The summed E-state index contributed by atoms with van der Waals surface area (Å²) in [5.74, 6) is -0.649. The van der Waals surface area contributed by atoms with Crippen molar-refractivity contribution in [2.75, 3.05) is 5.32 Å². The maximum Gasteiger partial charge on any atom is 0.264 e. The third-order valence-electron chi connectivity index (χ3n) is 4.38. The Hall–Kier alpha value is -2.76. The first-order chi connectivity index (χ1) is 15.4. The SMILES string of the molecule is CCC(=O)NS(=O)(=O)c1cc(NC(=S)NC(C)C)ccc1/C=C/c1ccc(C)cc1[SH](=O)=O. The minimum absolute atomic E-state index is 0.00594. The van der Waals surface area contributed by atoms with Crippen LogP contribution in [0.3, 0.4) is 0 Å². The van der Waals surface area contributed by atoms with Crippen molar-refractivity contribution in [1.82, 2.24) is 10.0 Å². The molecular formula is C22H27N3O5S3. The molecule has 0 aliphatic rings. The highest BCUT2D eigenvalue weighted by atomic mass is 32.2. The van der Waals surface area contributed by atoms with Crippen LogP contribution in [0.25, 0.3) is 12.2 Å². The second kappa shape index (κ2) is 11.4. The first-order valence-electron chi connectivity index (χ1n) is 10.1. The van der Waals surface area contributed by atoms with E-state index < -0.39 is 26.6 Å². The molecule has 0 aliphatic heterocycles. The predicted molar refractivity (Wildman–Crippen MR) is 135 cm³/mol. The minimum atomic E-state index is -4.20. The molecule has 178 valence electrons. The summed E-state index contributed by atoms with van der Waals surface area (Å²) in [4.78, 5) is 11.8. The van der Waals surface area contributed by atoms with Gasteiger partial charge in [0.05, 0.1) is 9.79 Å². The smallest absolute Gasteiger partial charge is 0.264 e. The van der Waals surface area contributed by atoms with Gasteiger partial charge in [-0.05, 0) is 67.9 Å². The van der Waals surface area contributed by atoms with Crippen LogP contribution in [0.1, 0.15) is 43.9 Å². The summed E-state index contributed by atoms with van der Waals surface area (Å²) in [5.41, 5.74) is 1.89. The van der Waals surface area contributed by atoms with Crippen molar-refractivity contribution in [1.29, 1.82) is 0 Å². The number of thiocarbonyl (C=S) groups is 1. The minimum Gasteiger partial charge on any atom is -0.360 e. The Morgan fingerprint density at radius 1 is 1.09 bits per heavy atom. The fraction of sp³-hybridized carbons (Fsp3) is 0.273. The van der Waals surface area contributed by atoms with Crippen LogP contribution in [0.4, 0.5) is 5.69 Å². The van der Waals surface area contributed by atoms with E-state index in [1.807, 2.05) is 18.6 Å². The number of hydrogen-bond donors (Lipinski definition) is 4. The van der Waals surface area contributed by atoms with Gasteiger partial charge in [-0.25, -0.2) is 21.6 Å². The van der Waals surface area contributed by atoms with Crippen LogP contribution in [0.15, 0.2) is 46.2 Å². The van der Waals surface area contributed by atoms with Gasteiger partial charge >= 0.3 is 0 Å². The van der Waals surface area contributed by atoms with Gasteiger partial charge in [-0.2, -0.15) is 0 Å². The molecule has 0 bridgehead atoms. The van der Waals surface area contributed by atoms with Gasteiger partial charge < -0.3 is 10.6 Å². The Balaban J connectivity index is 2.54. The molecule has 33 heavy (non-hydrogen) atoms. The third kappa shape index (κ3) is 7.65. The van der Waals surface area contributed by atoms with Crippen molar-refractivity contribution < 1.29 is 21.6 Å². The van der Waals surface area contributed by atoms with Crippen LogP contribution in [-0.4, -0.2) is 33.9 Å². The molecule has 3 N–H and O–H groups in total. The van der Waals surface area contributed by atoms with E-state index in [1.54, 1.807) is 44.2 Å². The highest BCUT2D eigenvalue weighted by molar-refractivity contribution is 7.90. The zero-order valence-electron chi connectivity index (χ0n) is 18.7. The van der Waals surface area contributed by atoms with E-state index in [1.165, 1.54) is 18.2 Å². The highest BCUT2D eigenvalue weighted by Gasteiger charge is 2.21. The molecule has 2 aromatic carbocycles. The lowest BCUT2D eigenvalue weighted by molar-refractivity contribution is -0.119. The Morgan fingerprint density at radius 3 is 2.33 bits per heavy atom. The van der Waals surface area contributed by atoms with Crippen molar-refractivity contribution in [2.45, 2.75) is 49.9 Å². The molecule has 0 radical (unpaired) electrons. The number of amides is 1. The van der Waals surface area contributed by atoms with Crippen molar-refractivity contribution in [2.24, 2.45) is 0 Å². The predicted octanol–water partition coefficient (Wildman–Crippen LogP) is 3.05. The van der Waals surface area contributed by atoms with E-state index in [9.17, 15) is 21.6 Å². The first-order valence-corrected chi connectivity index (χ1v) is 13.2. The average molecular weight is 510 g/mol. The van der Waals surface area contributed by atoms with Gasteiger partial charge in [0.2, 0.25) is 5.91 Å². The molecule has 0 atom stereocenters. The molecular weight excluding hydrogens is 482 g/mol. The van der Waals surface area contributed by atoms with Gasteiger partial charge in [-0.1, -0.05) is 37.3 Å². The molecule has 0 saturated heterocycles. The standard InChI is InChI=1S/C22H27N3O5S3/c1-5-21(26)25-33(29,30)20-13-18(24-22(31)23-14(2)3)11-10-17(20)9-8-16-7-6-15(4)12-19(16)32(27)28/h6-14,32H,5H2,1-4H3,(H,25,26)(H2,23,24,31)/b9-8+. The molecule has 0 fully saturated rings. The lowest BCUT2D eigenvalue weighted by atomic mass is 10.1. The molecule has 8 nitrogen and oxygen atoms in total. The van der Waals surface area contributed by atoms with E-state index in [0.717, 1.165) is 5.56 Å². The summed E-state index contributed by atoms with van der Waals surface area (Å²) in [6.45, 7) is 7.14. The lowest BCUT2D eigenvalue weighted by Gasteiger charge is -2.15. The molecule has 1 amide bonds. The van der Waals surface area contributed by atoms with Gasteiger partial charge in [0, 0.05) is 18.2 Å². The summed E-state index contributed by atoms with van der Waals surface area (Å²) in [6, 6.07) is 9.58. The van der Waals surface area contributed by atoms with E-state index in [2.05, 4.69) is 10.6 Å². The Kier molecular flexibility index (Phi) is 9.15. The topological polar surface area (TPSA) is 121 Å². The second-order valence-electron chi connectivity index (χ2n) is 7.54. The van der Waals surface area contributed by atoms with Crippen LogP contribution in [-0.2, 0) is 25.5 Å². The first kappa shape index (κ1) is 26.5. The van der Waals surface area contributed by atoms with Crippen LogP contribution < -0.4 is 15.4 Å². The van der Waals surface area contributed by atoms with Gasteiger partial charge in [0.1, 0.15) is 0 Å². The maximum atomic E-state index is 12.9. The lowest BCUT2D eigenvalue weighted by Crippen LogP contribution is -2.34. The normalized spacial score (nSPS) is 11.7. The molecule has 0 heterocycles. The van der Waals surface area contributed by atoms with Crippen molar-refractivity contribution in [3.05, 3.63) is 53.1 Å². The molecule has 11 heteroatoms. The fourth-order valence-electron chi connectivity index (χ4n) is 2.82. The highest BCUT2D eigenvalue weighted by Crippen LogP contribution is 2.24. The maximum absolute atomic E-state index is 12.9. The summed E-state index contributed by atoms with van der Waals surface area (Å²) in [5, 5.41) is 6.24. The number of aryl methyl sites for hydroxylation is 1. The van der Waals surface area contributed by atoms with Gasteiger partial charge in [-0.15, -0.1) is 0 Å². The Bertz CT molecular complexity index is 1260. The number of nitrogens with one attached hydrogen (secondary N) is 3. The van der Waals surface area contributed by atoms with Gasteiger partial charge in [-0.3, -0.25) is 4.79 Å². The largest absolute Gasteiger partial charge is 0.360 e.